The van der Waals surface area contributed by atoms with Crippen molar-refractivity contribution in [3.05, 3.63) is 41.9 Å². The van der Waals surface area contributed by atoms with Gasteiger partial charge in [0, 0.05) is 57.1 Å². The van der Waals surface area contributed by atoms with Crippen molar-refractivity contribution in [1.82, 2.24) is 33.6 Å². The van der Waals surface area contributed by atoms with Gasteiger partial charge in [-0.2, -0.15) is 9.40 Å². The molecule has 0 aromatic carbocycles. The van der Waals surface area contributed by atoms with Gasteiger partial charge in [0.05, 0.1) is 5.69 Å². The third-order valence-electron chi connectivity index (χ3n) is 5.44. The quantitative estimate of drug-likeness (QED) is 0.589. The molecule has 4 heterocycles. The number of imidazole rings is 1. The molecule has 1 fully saturated rings. The highest BCUT2D eigenvalue weighted by atomic mass is 32.2. The molecule has 3 aromatic rings. The molecule has 3 aromatic heterocycles. The molecular weight excluding hydrogens is 416 g/mol. The van der Waals surface area contributed by atoms with Crippen molar-refractivity contribution in [2.24, 2.45) is 7.05 Å². The summed E-state index contributed by atoms with van der Waals surface area (Å²) in [5.41, 5.74) is 1.92. The van der Waals surface area contributed by atoms with Gasteiger partial charge in [-0.1, -0.05) is 13.8 Å². The van der Waals surface area contributed by atoms with Crippen LogP contribution in [0, 0.1) is 13.8 Å². The average molecular weight is 445 g/mol. The second kappa shape index (κ2) is 8.04. The van der Waals surface area contributed by atoms with E-state index in [1.807, 2.05) is 46.9 Å². The van der Waals surface area contributed by atoms with Crippen LogP contribution in [0.5, 0.6) is 0 Å². The van der Waals surface area contributed by atoms with Crippen LogP contribution in [-0.2, 0) is 17.1 Å². The summed E-state index contributed by atoms with van der Waals surface area (Å²) in [7, 11) is -1.80. The lowest BCUT2D eigenvalue weighted by molar-refractivity contribution is 0.382. The third-order valence-corrected chi connectivity index (χ3v) is 7.21. The molecule has 0 bridgehead atoms. The van der Waals surface area contributed by atoms with E-state index in [2.05, 4.69) is 25.0 Å². The van der Waals surface area contributed by atoms with Gasteiger partial charge in [-0.3, -0.25) is 0 Å². The molecule has 1 aliphatic rings. The largest absolute Gasteiger partial charge is 0.354 e. The lowest BCUT2D eigenvalue weighted by Crippen LogP contribution is -2.49. The van der Waals surface area contributed by atoms with Crippen LogP contribution in [0.25, 0.3) is 5.82 Å². The maximum absolute atomic E-state index is 13.1. The van der Waals surface area contributed by atoms with Gasteiger partial charge in [-0.15, -0.1) is 0 Å². The fourth-order valence-corrected chi connectivity index (χ4v) is 5.30. The van der Waals surface area contributed by atoms with Gasteiger partial charge in [0.2, 0.25) is 0 Å². The minimum absolute atomic E-state index is 0.112. The minimum Gasteiger partial charge on any atom is -0.354 e. The monoisotopic (exact) mass is 444 g/mol. The van der Waals surface area contributed by atoms with Gasteiger partial charge in [0.25, 0.3) is 10.0 Å². The van der Waals surface area contributed by atoms with Gasteiger partial charge in [-0.25, -0.2) is 28.1 Å². The SMILES string of the molecule is Cc1cc(C)n(-c2cc(N3CCN(S(=O)(=O)c4cn(C)c(C(C)C)n4)CC3)ncn2)n1. The van der Waals surface area contributed by atoms with Crippen LogP contribution in [0.4, 0.5) is 5.82 Å². The first kappa shape index (κ1) is 21.4. The summed E-state index contributed by atoms with van der Waals surface area (Å²) in [4.78, 5) is 15.2. The van der Waals surface area contributed by atoms with Gasteiger partial charge < -0.3 is 9.47 Å². The summed E-state index contributed by atoms with van der Waals surface area (Å²) < 4.78 is 31.3. The summed E-state index contributed by atoms with van der Waals surface area (Å²) in [6, 6.07) is 3.88. The maximum atomic E-state index is 13.1. The topological polar surface area (TPSA) is 102 Å². The minimum atomic E-state index is -3.63. The van der Waals surface area contributed by atoms with Crippen molar-refractivity contribution < 1.29 is 8.42 Å². The molecule has 0 N–H and O–H groups in total. The van der Waals surface area contributed by atoms with Crippen molar-refractivity contribution in [3.63, 3.8) is 0 Å². The van der Waals surface area contributed by atoms with Gasteiger partial charge in [0.15, 0.2) is 10.8 Å². The van der Waals surface area contributed by atoms with Crippen LogP contribution in [-0.4, -0.2) is 68.2 Å². The predicted octanol–water partition coefficient (Wildman–Crippen LogP) is 1.65. The standard InChI is InChI=1S/C20H28N8O2S/c1-14(2)20-23-19(12-25(20)5)31(29,30)27-8-6-26(7-9-27)17-11-18(22-13-21-17)28-16(4)10-15(3)24-28/h10-14H,6-9H2,1-5H3. The molecule has 0 radical (unpaired) electrons. The molecule has 0 unspecified atom stereocenters. The Balaban J connectivity index is 1.49. The Hall–Kier alpha value is -2.79. The Morgan fingerprint density at radius 3 is 2.26 bits per heavy atom. The lowest BCUT2D eigenvalue weighted by Gasteiger charge is -2.34. The number of rotatable bonds is 5. The Morgan fingerprint density at radius 1 is 1.00 bits per heavy atom. The predicted molar refractivity (Wildman–Crippen MR) is 117 cm³/mol. The van der Waals surface area contributed by atoms with Crippen molar-refractivity contribution >= 4 is 15.8 Å². The highest BCUT2D eigenvalue weighted by Crippen LogP contribution is 2.22. The molecule has 0 aliphatic carbocycles. The van der Waals surface area contributed by atoms with Crippen molar-refractivity contribution in [2.75, 3.05) is 31.1 Å². The fourth-order valence-electron chi connectivity index (χ4n) is 3.89. The number of aryl methyl sites for hydroxylation is 3. The number of anilines is 1. The second-order valence-electron chi connectivity index (χ2n) is 8.17. The zero-order valence-electron chi connectivity index (χ0n) is 18.5. The van der Waals surface area contributed by atoms with Crippen LogP contribution in [0.1, 0.15) is 37.0 Å². The molecule has 1 saturated heterocycles. The van der Waals surface area contributed by atoms with E-state index in [0.29, 0.717) is 32.0 Å². The molecule has 1 aliphatic heterocycles. The van der Waals surface area contributed by atoms with E-state index in [1.54, 1.807) is 15.4 Å². The molecule has 0 saturated carbocycles. The number of hydrogen-bond acceptors (Lipinski definition) is 7. The first-order valence-corrected chi connectivity index (χ1v) is 11.7. The molecule has 31 heavy (non-hydrogen) atoms. The van der Waals surface area contributed by atoms with Crippen LogP contribution in [0.15, 0.2) is 29.7 Å². The van der Waals surface area contributed by atoms with Crippen molar-refractivity contribution in [3.8, 4) is 5.82 Å². The molecule has 0 amide bonds. The van der Waals surface area contributed by atoms with Crippen LogP contribution in [0.2, 0.25) is 0 Å². The fraction of sp³-hybridized carbons (Fsp3) is 0.500. The van der Waals surface area contributed by atoms with E-state index in [0.717, 1.165) is 23.0 Å². The zero-order valence-corrected chi connectivity index (χ0v) is 19.3. The first-order valence-electron chi connectivity index (χ1n) is 10.3. The maximum Gasteiger partial charge on any atom is 0.262 e. The first-order chi connectivity index (χ1) is 14.7. The third kappa shape index (κ3) is 4.07. The highest BCUT2D eigenvalue weighted by molar-refractivity contribution is 7.89. The molecule has 166 valence electrons. The van der Waals surface area contributed by atoms with Gasteiger partial charge >= 0.3 is 0 Å². The van der Waals surface area contributed by atoms with E-state index >= 15 is 0 Å². The summed E-state index contributed by atoms with van der Waals surface area (Å²) in [6.07, 6.45) is 3.12. The summed E-state index contributed by atoms with van der Waals surface area (Å²) in [6.45, 7) is 9.74. The molecule has 4 rings (SSSR count). The second-order valence-corrected chi connectivity index (χ2v) is 10.1. The molecule has 0 atom stereocenters. The Kier molecular flexibility index (Phi) is 5.56. The highest BCUT2D eigenvalue weighted by Gasteiger charge is 2.31. The van der Waals surface area contributed by atoms with Crippen molar-refractivity contribution in [2.45, 2.75) is 38.6 Å². The van der Waals surface area contributed by atoms with Crippen LogP contribution in [0.3, 0.4) is 0 Å². The number of aromatic nitrogens is 6. The summed E-state index contributed by atoms with van der Waals surface area (Å²) >= 11 is 0. The molecule has 11 heteroatoms. The molecular formula is C20H28N8O2S. The Bertz CT molecular complexity index is 1190. The number of sulfonamides is 1. The smallest absolute Gasteiger partial charge is 0.262 e. The van der Waals surface area contributed by atoms with E-state index < -0.39 is 10.0 Å². The normalized spacial score (nSPS) is 15.7. The summed E-state index contributed by atoms with van der Waals surface area (Å²) in [5.74, 6) is 2.37. The number of hydrogen-bond donors (Lipinski definition) is 0. The Morgan fingerprint density at radius 2 is 1.68 bits per heavy atom. The van der Waals surface area contributed by atoms with E-state index in [1.165, 1.54) is 10.6 Å². The van der Waals surface area contributed by atoms with E-state index in [4.69, 9.17) is 0 Å². The van der Waals surface area contributed by atoms with E-state index in [9.17, 15) is 8.42 Å². The number of nitrogens with zero attached hydrogens (tertiary/aromatic N) is 8. The molecule has 0 spiro atoms. The van der Waals surface area contributed by atoms with Crippen LogP contribution >= 0.6 is 0 Å². The Labute approximate surface area is 182 Å². The van der Waals surface area contributed by atoms with E-state index in [-0.39, 0.29) is 10.9 Å². The number of piperazine rings is 1. The van der Waals surface area contributed by atoms with Gasteiger partial charge in [0.1, 0.15) is 18.0 Å². The van der Waals surface area contributed by atoms with Crippen molar-refractivity contribution in [1.29, 1.82) is 0 Å². The van der Waals surface area contributed by atoms with Gasteiger partial charge in [-0.05, 0) is 19.9 Å². The average Bonchev–Trinajstić information content (AvgIpc) is 3.30. The zero-order chi connectivity index (χ0) is 22.3. The summed E-state index contributed by atoms with van der Waals surface area (Å²) in [5, 5.41) is 4.59. The molecule has 10 nitrogen and oxygen atoms in total. The lowest BCUT2D eigenvalue weighted by atomic mass is 10.2. The van der Waals surface area contributed by atoms with Crippen LogP contribution < -0.4 is 4.90 Å².